The van der Waals surface area contributed by atoms with Gasteiger partial charge in [-0.25, -0.2) is 9.38 Å². The molecule has 0 aliphatic heterocycles. The number of amides is 3. The van der Waals surface area contributed by atoms with Gasteiger partial charge in [0.15, 0.2) is 0 Å². The Balaban J connectivity index is 1.71. The number of carbonyl (C=O) groups excluding carboxylic acids is 3. The number of carbonyl (C=O) groups is 3. The van der Waals surface area contributed by atoms with E-state index in [-0.39, 0.29) is 29.5 Å². The van der Waals surface area contributed by atoms with E-state index in [0.29, 0.717) is 52.4 Å². The molecular formula is C36H33F3N6O4. The molecule has 2 aromatic heterocycles. The van der Waals surface area contributed by atoms with E-state index in [9.17, 15) is 32.3 Å². The summed E-state index contributed by atoms with van der Waals surface area (Å²) < 4.78 is 42.3. The van der Waals surface area contributed by atoms with Crippen molar-refractivity contribution in [2.24, 2.45) is 0 Å². The Morgan fingerprint density at radius 2 is 1.61 bits per heavy atom. The van der Waals surface area contributed by atoms with Crippen LogP contribution >= 0.6 is 0 Å². The molecule has 0 bridgehead atoms. The SMILES string of the molecule is C=CC(=O)Nc1ccccc1-c1c(C)nc2n(CC(=O)Nc3ccc(C(F)(F)F)cc3)c(CC)c(-c3ccc(C(=O)NCC)cc3)c(=O)n12. The number of rotatable bonds is 10. The molecule has 0 saturated carbocycles. The molecule has 0 unspecified atom stereocenters. The second-order valence-corrected chi connectivity index (χ2v) is 11.0. The fourth-order valence-corrected chi connectivity index (χ4v) is 5.64. The third kappa shape index (κ3) is 7.00. The number of aryl methyl sites for hydroxylation is 1. The van der Waals surface area contributed by atoms with Crippen LogP contribution in [0.5, 0.6) is 0 Å². The first-order valence-corrected chi connectivity index (χ1v) is 15.4. The van der Waals surface area contributed by atoms with Crippen molar-refractivity contribution in [3.63, 3.8) is 0 Å². The smallest absolute Gasteiger partial charge is 0.352 e. The molecule has 0 radical (unpaired) electrons. The number of aromatic nitrogens is 3. The van der Waals surface area contributed by atoms with Gasteiger partial charge in [-0.1, -0.05) is 43.8 Å². The fourth-order valence-electron chi connectivity index (χ4n) is 5.64. The van der Waals surface area contributed by atoms with Crippen molar-refractivity contribution in [1.29, 1.82) is 0 Å². The number of halogens is 3. The number of anilines is 2. The van der Waals surface area contributed by atoms with Crippen LogP contribution in [0.1, 0.15) is 41.2 Å². The molecule has 3 aromatic carbocycles. The maximum atomic E-state index is 14.6. The van der Waals surface area contributed by atoms with Crippen LogP contribution in [0.2, 0.25) is 0 Å². The number of hydrogen-bond acceptors (Lipinski definition) is 5. The lowest BCUT2D eigenvalue weighted by atomic mass is 10.0. The summed E-state index contributed by atoms with van der Waals surface area (Å²) in [6.45, 7) is 8.93. The molecular weight excluding hydrogens is 637 g/mol. The lowest BCUT2D eigenvalue weighted by Gasteiger charge is -2.19. The Bertz CT molecular complexity index is 2130. The molecule has 3 amide bonds. The zero-order valence-corrected chi connectivity index (χ0v) is 26.9. The third-order valence-corrected chi connectivity index (χ3v) is 7.84. The van der Waals surface area contributed by atoms with Gasteiger partial charge in [-0.2, -0.15) is 13.2 Å². The lowest BCUT2D eigenvalue weighted by Crippen LogP contribution is -2.28. The van der Waals surface area contributed by atoms with Crippen molar-refractivity contribution in [3.05, 3.63) is 118 Å². The van der Waals surface area contributed by atoms with Crippen molar-refractivity contribution in [3.8, 4) is 22.4 Å². The Hall–Kier alpha value is -5.98. The van der Waals surface area contributed by atoms with Crippen LogP contribution < -0.4 is 21.5 Å². The number of hydrogen-bond donors (Lipinski definition) is 3. The summed E-state index contributed by atoms with van der Waals surface area (Å²) in [5.41, 5.74) is 2.15. The molecule has 3 N–H and O–H groups in total. The van der Waals surface area contributed by atoms with E-state index in [1.54, 1.807) is 66.9 Å². The van der Waals surface area contributed by atoms with E-state index < -0.39 is 29.1 Å². The van der Waals surface area contributed by atoms with Gasteiger partial charge in [0.25, 0.3) is 11.5 Å². The lowest BCUT2D eigenvalue weighted by molar-refractivity contribution is -0.137. The minimum atomic E-state index is -4.53. The molecule has 13 heteroatoms. The Morgan fingerprint density at radius 3 is 2.22 bits per heavy atom. The maximum absolute atomic E-state index is 14.6. The highest BCUT2D eigenvalue weighted by Gasteiger charge is 2.30. The normalized spacial score (nSPS) is 11.3. The van der Waals surface area contributed by atoms with Gasteiger partial charge in [-0.05, 0) is 74.4 Å². The molecule has 0 spiro atoms. The fraction of sp³-hybridized carbons (Fsp3) is 0.194. The minimum Gasteiger partial charge on any atom is -0.352 e. The number of nitrogens with zero attached hydrogens (tertiary/aromatic N) is 3. The van der Waals surface area contributed by atoms with E-state index in [0.717, 1.165) is 30.3 Å². The molecule has 0 aliphatic rings. The summed E-state index contributed by atoms with van der Waals surface area (Å²) >= 11 is 0. The summed E-state index contributed by atoms with van der Waals surface area (Å²) in [6, 6.07) is 17.5. The van der Waals surface area contributed by atoms with Crippen molar-refractivity contribution < 1.29 is 27.6 Å². The summed E-state index contributed by atoms with van der Waals surface area (Å²) in [4.78, 5) is 57.6. The molecule has 10 nitrogen and oxygen atoms in total. The zero-order valence-electron chi connectivity index (χ0n) is 26.9. The molecule has 0 fully saturated rings. The monoisotopic (exact) mass is 670 g/mol. The zero-order chi connectivity index (χ0) is 35.5. The topological polar surface area (TPSA) is 127 Å². The first-order chi connectivity index (χ1) is 23.4. The highest BCUT2D eigenvalue weighted by Crippen LogP contribution is 2.33. The van der Waals surface area contributed by atoms with E-state index >= 15 is 0 Å². The molecule has 0 atom stereocenters. The predicted molar refractivity (Wildman–Crippen MR) is 181 cm³/mol. The van der Waals surface area contributed by atoms with Gasteiger partial charge in [0.2, 0.25) is 17.6 Å². The number of para-hydroxylation sites is 1. The largest absolute Gasteiger partial charge is 0.416 e. The van der Waals surface area contributed by atoms with Crippen LogP contribution in [0.3, 0.4) is 0 Å². The number of fused-ring (bicyclic) bond motifs is 1. The number of nitrogens with one attached hydrogen (secondary N) is 3. The highest BCUT2D eigenvalue weighted by molar-refractivity contribution is 6.02. The van der Waals surface area contributed by atoms with Gasteiger partial charge in [0.1, 0.15) is 6.54 Å². The van der Waals surface area contributed by atoms with E-state index in [2.05, 4.69) is 22.5 Å². The maximum Gasteiger partial charge on any atom is 0.416 e. The molecule has 252 valence electrons. The Morgan fingerprint density at radius 1 is 0.939 bits per heavy atom. The van der Waals surface area contributed by atoms with Crippen molar-refractivity contribution >= 4 is 34.9 Å². The van der Waals surface area contributed by atoms with E-state index in [1.807, 2.05) is 6.92 Å². The van der Waals surface area contributed by atoms with Crippen LogP contribution in [0.4, 0.5) is 24.5 Å². The number of alkyl halides is 3. The molecule has 0 aliphatic carbocycles. The summed E-state index contributed by atoms with van der Waals surface area (Å²) in [6.07, 6.45) is -3.12. The summed E-state index contributed by atoms with van der Waals surface area (Å²) in [5.74, 6) is -1.16. The molecule has 0 saturated heterocycles. The average Bonchev–Trinajstić information content (AvgIpc) is 3.43. The Labute approximate surface area is 279 Å². The van der Waals surface area contributed by atoms with Crippen molar-refractivity contribution in [2.75, 3.05) is 17.2 Å². The van der Waals surface area contributed by atoms with Crippen LogP contribution in [0, 0.1) is 6.92 Å². The second-order valence-electron chi connectivity index (χ2n) is 11.0. The predicted octanol–water partition coefficient (Wildman–Crippen LogP) is 6.23. The van der Waals surface area contributed by atoms with E-state index in [4.69, 9.17) is 4.98 Å². The van der Waals surface area contributed by atoms with Gasteiger partial charge in [-0.15, -0.1) is 0 Å². The van der Waals surface area contributed by atoms with Crippen LogP contribution in [-0.4, -0.2) is 38.2 Å². The summed E-state index contributed by atoms with van der Waals surface area (Å²) in [5, 5.41) is 8.14. The highest BCUT2D eigenvalue weighted by atomic mass is 19.4. The Kier molecular flexibility index (Phi) is 9.83. The van der Waals surface area contributed by atoms with Crippen LogP contribution in [0.25, 0.3) is 28.2 Å². The summed E-state index contributed by atoms with van der Waals surface area (Å²) in [7, 11) is 0. The first-order valence-electron chi connectivity index (χ1n) is 15.4. The van der Waals surface area contributed by atoms with E-state index in [1.165, 1.54) is 4.40 Å². The van der Waals surface area contributed by atoms with Gasteiger partial charge in [0.05, 0.1) is 28.2 Å². The number of benzene rings is 3. The standard InChI is InChI=1S/C36H33F3N6O4/c1-5-28-31(22-12-14-23(15-13-22)33(48)40-7-3)34(49)45-32(26-10-8-9-11-27(26)43-29(46)6-2)21(4)41-35(45)44(28)20-30(47)42-25-18-16-24(17-19-25)36(37,38)39/h6,8-19H,2,5,7,20H2,1,3-4H3,(H,40,48)(H,42,47)(H,43,46). The second kappa shape index (κ2) is 14.0. The van der Waals surface area contributed by atoms with Crippen molar-refractivity contribution in [1.82, 2.24) is 19.3 Å². The van der Waals surface area contributed by atoms with Gasteiger partial charge in [0, 0.05) is 29.1 Å². The first kappa shape index (κ1) is 34.4. The number of imidazole rings is 1. The molecule has 49 heavy (non-hydrogen) atoms. The quantitative estimate of drug-likeness (QED) is 0.152. The van der Waals surface area contributed by atoms with Crippen LogP contribution in [0.15, 0.2) is 90.2 Å². The van der Waals surface area contributed by atoms with Crippen LogP contribution in [-0.2, 0) is 28.7 Å². The minimum absolute atomic E-state index is 0.143. The van der Waals surface area contributed by atoms with Gasteiger partial charge >= 0.3 is 6.18 Å². The molecule has 5 rings (SSSR count). The van der Waals surface area contributed by atoms with Crippen molar-refractivity contribution in [2.45, 2.75) is 39.9 Å². The average molecular weight is 671 g/mol. The third-order valence-electron chi connectivity index (χ3n) is 7.84. The molecule has 2 heterocycles. The van der Waals surface area contributed by atoms with Gasteiger partial charge < -0.3 is 20.5 Å². The molecule has 5 aromatic rings. The van der Waals surface area contributed by atoms with Gasteiger partial charge in [-0.3, -0.25) is 19.2 Å².